The molecule has 2 aromatic rings. The summed E-state index contributed by atoms with van der Waals surface area (Å²) in [5, 5.41) is 9.98. The van der Waals surface area contributed by atoms with Crippen molar-refractivity contribution in [1.82, 2.24) is 0 Å². The fraction of sp³-hybridized carbons (Fsp3) is 0.222. The molecular formula is C27H30O3. The van der Waals surface area contributed by atoms with Crippen LogP contribution in [0.2, 0.25) is 0 Å². The van der Waals surface area contributed by atoms with E-state index in [2.05, 4.69) is 37.8 Å². The van der Waals surface area contributed by atoms with Gasteiger partial charge < -0.3 is 9.52 Å². The standard InChI is InChI=1S/C27H30O3/c1-6-11-24-18-20(3)14-16-23(24)13-10-8-7-9-12-19(2)15-17-25-21(4)26(28)22(5)27(29)30-25/h6-10,12-16,18,28H,1,11,17H2,2-5H3/b8-7+,12-9+,13-10-,19-15+. The van der Waals surface area contributed by atoms with Gasteiger partial charge in [0.05, 0.1) is 5.56 Å². The molecule has 0 radical (unpaired) electrons. The van der Waals surface area contributed by atoms with Crippen LogP contribution in [0.25, 0.3) is 6.08 Å². The molecule has 1 aromatic carbocycles. The third kappa shape index (κ3) is 6.35. The minimum absolute atomic E-state index is 0.0161. The van der Waals surface area contributed by atoms with E-state index in [0.717, 1.165) is 12.0 Å². The van der Waals surface area contributed by atoms with Gasteiger partial charge >= 0.3 is 5.63 Å². The van der Waals surface area contributed by atoms with Crippen LogP contribution in [0.15, 0.2) is 82.1 Å². The zero-order valence-electron chi connectivity index (χ0n) is 18.2. The van der Waals surface area contributed by atoms with Gasteiger partial charge in [-0.25, -0.2) is 4.79 Å². The zero-order valence-corrected chi connectivity index (χ0v) is 18.2. The molecule has 1 N–H and O–H groups in total. The fourth-order valence-electron chi connectivity index (χ4n) is 3.02. The highest BCUT2D eigenvalue weighted by Crippen LogP contribution is 2.22. The first-order chi connectivity index (χ1) is 14.3. The van der Waals surface area contributed by atoms with Gasteiger partial charge in [0.25, 0.3) is 0 Å². The Balaban J connectivity index is 1.99. The molecule has 0 saturated heterocycles. The number of benzene rings is 1. The summed E-state index contributed by atoms with van der Waals surface area (Å²) < 4.78 is 5.29. The first-order valence-electron chi connectivity index (χ1n) is 10.0. The highest BCUT2D eigenvalue weighted by atomic mass is 16.4. The zero-order chi connectivity index (χ0) is 22.1. The van der Waals surface area contributed by atoms with Gasteiger partial charge in [-0.2, -0.15) is 0 Å². The number of aryl methyl sites for hydroxylation is 1. The van der Waals surface area contributed by atoms with Crippen LogP contribution in [0.1, 0.15) is 40.5 Å². The van der Waals surface area contributed by atoms with Crippen molar-refractivity contribution in [2.24, 2.45) is 0 Å². The SMILES string of the molecule is C=CCc1cc(C)ccc1\C=C/C=C/C=C/C(C)=C/Cc1oc(=O)c(C)c(O)c1C. The third-order valence-corrected chi connectivity index (χ3v) is 4.89. The van der Waals surface area contributed by atoms with Crippen LogP contribution in [0.5, 0.6) is 5.75 Å². The summed E-state index contributed by atoms with van der Waals surface area (Å²) in [5.74, 6) is 0.505. The Labute approximate surface area is 179 Å². The summed E-state index contributed by atoms with van der Waals surface area (Å²) in [6, 6.07) is 6.43. The van der Waals surface area contributed by atoms with Crippen molar-refractivity contribution in [2.45, 2.75) is 40.5 Å². The molecule has 1 aromatic heterocycles. The van der Waals surface area contributed by atoms with Gasteiger partial charge in [0.2, 0.25) is 0 Å². The van der Waals surface area contributed by atoms with Crippen LogP contribution < -0.4 is 5.63 Å². The highest BCUT2D eigenvalue weighted by molar-refractivity contribution is 5.56. The van der Waals surface area contributed by atoms with Gasteiger partial charge in [0, 0.05) is 12.0 Å². The van der Waals surface area contributed by atoms with Crippen LogP contribution in [0.3, 0.4) is 0 Å². The Bertz CT molecular complexity index is 1080. The Kier molecular flexibility index (Phi) is 8.42. The molecule has 3 heteroatoms. The molecule has 30 heavy (non-hydrogen) atoms. The molecule has 0 bridgehead atoms. The summed E-state index contributed by atoms with van der Waals surface area (Å²) in [5.41, 5.74) is 5.12. The van der Waals surface area contributed by atoms with Gasteiger partial charge in [-0.3, -0.25) is 0 Å². The summed E-state index contributed by atoms with van der Waals surface area (Å²) in [7, 11) is 0. The Hall–Kier alpha value is -3.33. The normalized spacial score (nSPS) is 12.5. The summed E-state index contributed by atoms with van der Waals surface area (Å²) >= 11 is 0. The number of aromatic hydroxyl groups is 1. The van der Waals surface area contributed by atoms with Crippen molar-refractivity contribution in [3.63, 3.8) is 0 Å². The van der Waals surface area contributed by atoms with E-state index in [1.165, 1.54) is 16.7 Å². The molecule has 0 unspecified atom stereocenters. The maximum absolute atomic E-state index is 11.7. The lowest BCUT2D eigenvalue weighted by atomic mass is 10.0. The lowest BCUT2D eigenvalue weighted by molar-refractivity contribution is 0.415. The molecule has 0 aliphatic rings. The molecule has 0 aliphatic heterocycles. The number of hydrogen-bond donors (Lipinski definition) is 1. The van der Waals surface area contributed by atoms with Crippen molar-refractivity contribution in [3.8, 4) is 5.75 Å². The highest BCUT2D eigenvalue weighted by Gasteiger charge is 2.11. The van der Waals surface area contributed by atoms with E-state index in [4.69, 9.17) is 4.42 Å². The average Bonchev–Trinajstić information content (AvgIpc) is 2.72. The van der Waals surface area contributed by atoms with Gasteiger partial charge in [-0.15, -0.1) is 6.58 Å². The van der Waals surface area contributed by atoms with Gasteiger partial charge in [0.15, 0.2) is 0 Å². The molecule has 0 amide bonds. The summed E-state index contributed by atoms with van der Waals surface area (Å²) in [4.78, 5) is 11.7. The number of hydrogen-bond acceptors (Lipinski definition) is 3. The molecule has 0 spiro atoms. The van der Waals surface area contributed by atoms with Gasteiger partial charge in [0.1, 0.15) is 11.5 Å². The largest absolute Gasteiger partial charge is 0.507 e. The fourth-order valence-corrected chi connectivity index (χ4v) is 3.02. The Morgan fingerprint density at radius 1 is 1.07 bits per heavy atom. The first-order valence-corrected chi connectivity index (χ1v) is 10.0. The minimum Gasteiger partial charge on any atom is -0.507 e. The molecule has 1 heterocycles. The summed E-state index contributed by atoms with van der Waals surface area (Å²) in [6.07, 6.45) is 17.2. The Morgan fingerprint density at radius 3 is 2.53 bits per heavy atom. The van der Waals surface area contributed by atoms with Gasteiger partial charge in [-0.05, 0) is 45.2 Å². The lowest BCUT2D eigenvalue weighted by Crippen LogP contribution is -2.07. The molecule has 156 valence electrons. The monoisotopic (exact) mass is 402 g/mol. The topological polar surface area (TPSA) is 50.4 Å². The van der Waals surface area contributed by atoms with Crippen LogP contribution >= 0.6 is 0 Å². The molecular weight excluding hydrogens is 372 g/mol. The molecule has 3 nitrogen and oxygen atoms in total. The molecule has 0 saturated carbocycles. The van der Waals surface area contributed by atoms with Crippen LogP contribution in [0, 0.1) is 20.8 Å². The van der Waals surface area contributed by atoms with Crippen LogP contribution in [-0.2, 0) is 12.8 Å². The van der Waals surface area contributed by atoms with Crippen molar-refractivity contribution in [1.29, 1.82) is 0 Å². The third-order valence-electron chi connectivity index (χ3n) is 4.89. The second kappa shape index (κ2) is 11.0. The van der Waals surface area contributed by atoms with E-state index in [0.29, 0.717) is 17.7 Å². The maximum Gasteiger partial charge on any atom is 0.342 e. The quantitative estimate of drug-likeness (QED) is 0.415. The predicted octanol–water partition coefficient (Wildman–Crippen LogP) is 6.31. The molecule has 0 aliphatic carbocycles. The molecule has 0 fully saturated rings. The van der Waals surface area contributed by atoms with E-state index in [1.54, 1.807) is 13.8 Å². The summed E-state index contributed by atoms with van der Waals surface area (Å²) in [6.45, 7) is 11.2. The van der Waals surface area contributed by atoms with Crippen LogP contribution in [0.4, 0.5) is 0 Å². The van der Waals surface area contributed by atoms with E-state index in [1.807, 2.05) is 49.5 Å². The number of allylic oxidation sites excluding steroid dienone is 8. The number of rotatable bonds is 8. The van der Waals surface area contributed by atoms with Crippen molar-refractivity contribution in [3.05, 3.63) is 117 Å². The van der Waals surface area contributed by atoms with Crippen molar-refractivity contribution < 1.29 is 9.52 Å². The minimum atomic E-state index is -0.491. The van der Waals surface area contributed by atoms with Crippen molar-refractivity contribution >= 4 is 6.08 Å². The lowest BCUT2D eigenvalue weighted by Gasteiger charge is -2.06. The van der Waals surface area contributed by atoms with Crippen LogP contribution in [-0.4, -0.2) is 5.11 Å². The van der Waals surface area contributed by atoms with E-state index >= 15 is 0 Å². The van der Waals surface area contributed by atoms with Crippen molar-refractivity contribution in [2.75, 3.05) is 0 Å². The average molecular weight is 403 g/mol. The van der Waals surface area contributed by atoms with E-state index < -0.39 is 5.63 Å². The molecule has 0 atom stereocenters. The second-order valence-corrected chi connectivity index (χ2v) is 7.36. The van der Waals surface area contributed by atoms with E-state index in [9.17, 15) is 9.90 Å². The first kappa shape index (κ1) is 23.0. The molecule has 2 rings (SSSR count). The smallest absolute Gasteiger partial charge is 0.342 e. The van der Waals surface area contributed by atoms with E-state index in [-0.39, 0.29) is 11.3 Å². The maximum atomic E-state index is 11.7. The van der Waals surface area contributed by atoms with Gasteiger partial charge in [-0.1, -0.05) is 77.9 Å². The second-order valence-electron chi connectivity index (χ2n) is 7.36. The predicted molar refractivity (Wildman–Crippen MR) is 126 cm³/mol. The Morgan fingerprint density at radius 2 is 1.80 bits per heavy atom.